The summed E-state index contributed by atoms with van der Waals surface area (Å²) in [7, 11) is 0. The van der Waals surface area contributed by atoms with Crippen LogP contribution in [-0.2, 0) is 0 Å². The maximum atomic E-state index is 13.3. The predicted molar refractivity (Wildman–Crippen MR) is 69.6 cm³/mol. The molecule has 0 amide bonds. The Morgan fingerprint density at radius 1 is 1.06 bits per heavy atom. The third-order valence-corrected chi connectivity index (χ3v) is 6.18. The van der Waals surface area contributed by atoms with Gasteiger partial charge in [0.25, 0.3) is 0 Å². The van der Waals surface area contributed by atoms with Gasteiger partial charge in [0.2, 0.25) is 5.92 Å². The molecule has 0 radical (unpaired) electrons. The van der Waals surface area contributed by atoms with Crippen LogP contribution in [-0.4, -0.2) is 5.92 Å². The molecule has 18 heavy (non-hydrogen) atoms. The molecule has 0 aromatic carbocycles. The molecule has 3 aliphatic carbocycles. The van der Waals surface area contributed by atoms with E-state index >= 15 is 0 Å². The van der Waals surface area contributed by atoms with E-state index in [2.05, 4.69) is 6.92 Å². The number of halogens is 2. The molecule has 3 fully saturated rings. The predicted octanol–water partition coefficient (Wildman–Crippen LogP) is 5.13. The van der Waals surface area contributed by atoms with Gasteiger partial charge in [0.15, 0.2) is 0 Å². The zero-order chi connectivity index (χ0) is 12.9. The van der Waals surface area contributed by atoms with Crippen LogP contribution in [0, 0.1) is 35.5 Å². The van der Waals surface area contributed by atoms with Gasteiger partial charge in [-0.3, -0.25) is 0 Å². The first-order valence-corrected chi connectivity index (χ1v) is 7.87. The highest BCUT2D eigenvalue weighted by atomic mass is 19.3. The van der Waals surface area contributed by atoms with Crippen LogP contribution in [0.3, 0.4) is 0 Å². The van der Waals surface area contributed by atoms with Crippen LogP contribution in [0.5, 0.6) is 0 Å². The fourth-order valence-electron chi connectivity index (χ4n) is 5.76. The van der Waals surface area contributed by atoms with Gasteiger partial charge in [-0.25, -0.2) is 8.78 Å². The van der Waals surface area contributed by atoms with Crippen molar-refractivity contribution in [3.63, 3.8) is 0 Å². The lowest BCUT2D eigenvalue weighted by Gasteiger charge is -2.44. The second-order valence-corrected chi connectivity index (χ2v) is 7.27. The van der Waals surface area contributed by atoms with Crippen molar-refractivity contribution in [1.82, 2.24) is 0 Å². The van der Waals surface area contributed by atoms with Crippen LogP contribution in [0.25, 0.3) is 0 Å². The smallest absolute Gasteiger partial charge is 0.207 e. The van der Waals surface area contributed by atoms with E-state index in [0.717, 1.165) is 37.0 Å². The maximum absolute atomic E-state index is 13.3. The van der Waals surface area contributed by atoms with Crippen molar-refractivity contribution in [2.75, 3.05) is 0 Å². The fourth-order valence-corrected chi connectivity index (χ4v) is 5.76. The normalized spacial score (nSPS) is 47.3. The third-order valence-electron chi connectivity index (χ3n) is 6.18. The van der Waals surface area contributed by atoms with E-state index in [1.54, 1.807) is 0 Å². The summed E-state index contributed by atoms with van der Waals surface area (Å²) in [5.41, 5.74) is 0. The van der Waals surface area contributed by atoms with Gasteiger partial charge in [-0.15, -0.1) is 0 Å². The van der Waals surface area contributed by atoms with Gasteiger partial charge in [-0.2, -0.15) is 0 Å². The molecular formula is C16H26F2. The number of hydrogen-bond donors (Lipinski definition) is 0. The van der Waals surface area contributed by atoms with E-state index in [9.17, 15) is 8.78 Å². The minimum Gasteiger partial charge on any atom is -0.207 e. The second-order valence-electron chi connectivity index (χ2n) is 7.27. The van der Waals surface area contributed by atoms with Crippen LogP contribution < -0.4 is 0 Å². The fraction of sp³-hybridized carbons (Fsp3) is 1.00. The van der Waals surface area contributed by atoms with E-state index in [-0.39, 0.29) is 6.42 Å². The van der Waals surface area contributed by atoms with Gasteiger partial charge in [0.05, 0.1) is 0 Å². The lowest BCUT2D eigenvalue weighted by molar-refractivity contribution is -0.0316. The number of hydrogen-bond acceptors (Lipinski definition) is 0. The summed E-state index contributed by atoms with van der Waals surface area (Å²) in [6.07, 6.45) is 7.91. The van der Waals surface area contributed by atoms with E-state index < -0.39 is 5.92 Å². The van der Waals surface area contributed by atoms with Crippen LogP contribution in [0.4, 0.5) is 8.78 Å². The van der Waals surface area contributed by atoms with Gasteiger partial charge in [0.1, 0.15) is 0 Å². The van der Waals surface area contributed by atoms with Crippen molar-refractivity contribution in [3.8, 4) is 0 Å². The first-order valence-electron chi connectivity index (χ1n) is 7.87. The summed E-state index contributed by atoms with van der Waals surface area (Å²) in [5, 5.41) is 0. The third kappa shape index (κ3) is 2.10. The molecule has 6 unspecified atom stereocenters. The monoisotopic (exact) mass is 256 g/mol. The molecule has 3 aliphatic rings. The standard InChI is InChI=1S/C16H26F2/c1-3-10-5-4-6-13-11-7-12(9-16(2,17)18)14(8-11)15(10)13/h10-15H,3-9H2,1-2H3. The van der Waals surface area contributed by atoms with Crippen molar-refractivity contribution in [3.05, 3.63) is 0 Å². The Bertz CT molecular complexity index is 307. The molecule has 6 atom stereocenters. The largest absolute Gasteiger partial charge is 0.245 e. The highest BCUT2D eigenvalue weighted by Gasteiger charge is 2.55. The molecule has 0 nitrogen and oxygen atoms in total. The number of alkyl halides is 2. The highest BCUT2D eigenvalue weighted by molar-refractivity contribution is 5.04. The molecule has 0 N–H and O–H groups in total. The van der Waals surface area contributed by atoms with Crippen LogP contribution in [0.15, 0.2) is 0 Å². The van der Waals surface area contributed by atoms with Crippen molar-refractivity contribution in [1.29, 1.82) is 0 Å². The van der Waals surface area contributed by atoms with Gasteiger partial charge >= 0.3 is 0 Å². The molecule has 104 valence electrons. The first kappa shape index (κ1) is 12.9. The van der Waals surface area contributed by atoms with Crippen molar-refractivity contribution < 1.29 is 8.78 Å². The Morgan fingerprint density at radius 2 is 1.83 bits per heavy atom. The summed E-state index contributed by atoms with van der Waals surface area (Å²) < 4.78 is 26.6. The molecule has 3 saturated carbocycles. The molecule has 0 spiro atoms. The molecule has 0 aliphatic heterocycles. The second kappa shape index (κ2) is 4.45. The molecule has 0 saturated heterocycles. The Hall–Kier alpha value is -0.140. The zero-order valence-electron chi connectivity index (χ0n) is 11.7. The summed E-state index contributed by atoms with van der Waals surface area (Å²) >= 11 is 0. The number of fused-ring (bicyclic) bond motifs is 5. The highest BCUT2D eigenvalue weighted by Crippen LogP contribution is 2.63. The summed E-state index contributed by atoms with van der Waals surface area (Å²) in [6.45, 7) is 3.40. The van der Waals surface area contributed by atoms with E-state index in [1.807, 2.05) is 0 Å². The minimum absolute atomic E-state index is 0.147. The Morgan fingerprint density at radius 3 is 2.50 bits per heavy atom. The summed E-state index contributed by atoms with van der Waals surface area (Å²) in [6, 6.07) is 0. The molecular weight excluding hydrogens is 230 g/mol. The van der Waals surface area contributed by atoms with Gasteiger partial charge in [0, 0.05) is 6.42 Å². The van der Waals surface area contributed by atoms with Gasteiger partial charge in [-0.1, -0.05) is 26.2 Å². The topological polar surface area (TPSA) is 0 Å². The molecule has 0 heterocycles. The van der Waals surface area contributed by atoms with Gasteiger partial charge < -0.3 is 0 Å². The quantitative estimate of drug-likeness (QED) is 0.656. The number of rotatable bonds is 3. The van der Waals surface area contributed by atoms with E-state index in [4.69, 9.17) is 0 Å². The molecule has 2 heteroatoms. The molecule has 0 aromatic heterocycles. The van der Waals surface area contributed by atoms with E-state index in [0.29, 0.717) is 11.8 Å². The van der Waals surface area contributed by atoms with Crippen molar-refractivity contribution in [2.24, 2.45) is 35.5 Å². The molecule has 2 bridgehead atoms. The van der Waals surface area contributed by atoms with Gasteiger partial charge in [-0.05, 0) is 61.7 Å². The zero-order valence-corrected chi connectivity index (χ0v) is 11.7. The Balaban J connectivity index is 1.74. The van der Waals surface area contributed by atoms with Crippen molar-refractivity contribution in [2.45, 2.75) is 64.7 Å². The lowest BCUT2D eigenvalue weighted by atomic mass is 9.61. The Kier molecular flexibility index (Phi) is 3.18. The minimum atomic E-state index is -2.46. The lowest BCUT2D eigenvalue weighted by Crippen LogP contribution is -2.37. The van der Waals surface area contributed by atoms with Crippen LogP contribution in [0.1, 0.15) is 58.8 Å². The summed E-state index contributed by atoms with van der Waals surface area (Å²) in [5.74, 6) is 1.83. The van der Waals surface area contributed by atoms with E-state index in [1.165, 1.54) is 32.1 Å². The summed E-state index contributed by atoms with van der Waals surface area (Å²) in [4.78, 5) is 0. The molecule has 0 aromatic rings. The Labute approximate surface area is 110 Å². The molecule has 3 rings (SSSR count). The SMILES string of the molecule is CCC1CCCC2C3CC(CC(C)(F)F)C(C3)C12. The van der Waals surface area contributed by atoms with Crippen LogP contribution >= 0.6 is 0 Å². The maximum Gasteiger partial charge on any atom is 0.245 e. The first-order chi connectivity index (χ1) is 8.49. The average Bonchev–Trinajstić information content (AvgIpc) is 2.84. The van der Waals surface area contributed by atoms with Crippen molar-refractivity contribution >= 4 is 0 Å². The average molecular weight is 256 g/mol. The van der Waals surface area contributed by atoms with Crippen LogP contribution in [0.2, 0.25) is 0 Å².